The molecule has 0 atom stereocenters. The summed E-state index contributed by atoms with van der Waals surface area (Å²) in [6.07, 6.45) is 0.0140. The summed E-state index contributed by atoms with van der Waals surface area (Å²) in [7, 11) is 2.98. The first-order valence-corrected chi connectivity index (χ1v) is 8.46. The zero-order valence-corrected chi connectivity index (χ0v) is 15.7. The molecule has 0 saturated carbocycles. The summed E-state index contributed by atoms with van der Waals surface area (Å²) in [6, 6.07) is 3.23. The van der Waals surface area contributed by atoms with Crippen molar-refractivity contribution >= 4 is 11.7 Å². The smallest absolute Gasteiger partial charge is 0.256 e. The molecule has 0 fully saturated rings. The highest BCUT2D eigenvalue weighted by Crippen LogP contribution is 2.31. The lowest BCUT2D eigenvalue weighted by atomic mass is 10.00. The zero-order chi connectivity index (χ0) is 19.7. The van der Waals surface area contributed by atoms with Gasteiger partial charge in [-0.3, -0.25) is 14.4 Å². The Balaban J connectivity index is 1.87. The molecule has 0 unspecified atom stereocenters. The molecule has 8 nitrogen and oxygen atoms in total. The fraction of sp³-hybridized carbons (Fsp3) is 0.368. The first-order chi connectivity index (χ1) is 12.8. The van der Waals surface area contributed by atoms with E-state index in [1.165, 1.54) is 21.1 Å². The van der Waals surface area contributed by atoms with Gasteiger partial charge in [-0.2, -0.15) is 0 Å². The summed E-state index contributed by atoms with van der Waals surface area (Å²) in [5.74, 6) is 1.03. The Kier molecular flexibility index (Phi) is 4.98. The van der Waals surface area contributed by atoms with Crippen LogP contribution in [0.2, 0.25) is 0 Å². The van der Waals surface area contributed by atoms with Gasteiger partial charge in [0, 0.05) is 5.56 Å². The van der Waals surface area contributed by atoms with Gasteiger partial charge in [0.25, 0.3) is 5.56 Å². The summed E-state index contributed by atoms with van der Waals surface area (Å²) in [6.45, 7) is 3.63. The Bertz CT molecular complexity index is 980. The second kappa shape index (κ2) is 7.22. The molecule has 0 radical (unpaired) electrons. The Morgan fingerprint density at radius 2 is 1.85 bits per heavy atom. The number of ether oxygens (including phenoxy) is 2. The number of fused-ring (bicyclic) bond motifs is 1. The van der Waals surface area contributed by atoms with Gasteiger partial charge >= 0.3 is 0 Å². The Morgan fingerprint density at radius 3 is 2.48 bits per heavy atom. The van der Waals surface area contributed by atoms with Crippen molar-refractivity contribution in [2.24, 2.45) is 0 Å². The standard InChI is InChI=1S/C19H21N3O5/c1-10(23)13-7-17(27-4)16(26-3)5-12(13)6-18(24)22-8-14-15(9-22)20-11(2)21-19(14)25/h5,7H,6,8-9H2,1-4H3,(H,20,21,25). The van der Waals surface area contributed by atoms with E-state index in [0.29, 0.717) is 39.7 Å². The minimum Gasteiger partial charge on any atom is -0.493 e. The molecule has 1 N–H and O–H groups in total. The maximum absolute atomic E-state index is 12.8. The summed E-state index contributed by atoms with van der Waals surface area (Å²) in [4.78, 5) is 45.4. The molecule has 0 bridgehead atoms. The average molecular weight is 371 g/mol. The summed E-state index contributed by atoms with van der Waals surface area (Å²) >= 11 is 0. The van der Waals surface area contributed by atoms with Crippen LogP contribution in [0.4, 0.5) is 0 Å². The number of aryl methyl sites for hydroxylation is 1. The van der Waals surface area contributed by atoms with Gasteiger partial charge < -0.3 is 19.4 Å². The molecular formula is C19H21N3O5. The number of methoxy groups -OCH3 is 2. The van der Waals surface area contributed by atoms with Gasteiger partial charge in [-0.05, 0) is 31.5 Å². The van der Waals surface area contributed by atoms with E-state index in [0.717, 1.165) is 0 Å². The number of benzene rings is 1. The SMILES string of the molecule is COc1cc(CC(=O)N2Cc3nc(C)[nH]c(=O)c3C2)c(C(C)=O)cc1OC. The predicted molar refractivity (Wildman–Crippen MR) is 97.1 cm³/mol. The number of amides is 1. The molecule has 1 aromatic carbocycles. The van der Waals surface area contributed by atoms with Crippen LogP contribution >= 0.6 is 0 Å². The number of hydrogen-bond acceptors (Lipinski definition) is 6. The number of H-pyrrole nitrogens is 1. The zero-order valence-electron chi connectivity index (χ0n) is 15.7. The lowest BCUT2D eigenvalue weighted by Gasteiger charge is -2.17. The summed E-state index contributed by atoms with van der Waals surface area (Å²) in [5.41, 5.74) is 1.86. The number of hydrogen-bond donors (Lipinski definition) is 1. The molecule has 8 heteroatoms. The van der Waals surface area contributed by atoms with E-state index in [1.54, 1.807) is 24.0 Å². The number of carbonyl (C=O) groups is 2. The van der Waals surface area contributed by atoms with Gasteiger partial charge in [-0.25, -0.2) is 4.98 Å². The predicted octanol–water partition coefficient (Wildman–Crippen LogP) is 1.38. The quantitative estimate of drug-likeness (QED) is 0.797. The molecule has 1 aliphatic heterocycles. The topological polar surface area (TPSA) is 102 Å². The normalized spacial score (nSPS) is 12.7. The van der Waals surface area contributed by atoms with Crippen LogP contribution in [-0.4, -0.2) is 40.8 Å². The molecule has 0 spiro atoms. The molecular weight excluding hydrogens is 350 g/mol. The number of nitrogens with zero attached hydrogens (tertiary/aromatic N) is 2. The van der Waals surface area contributed by atoms with E-state index in [1.807, 2.05) is 0 Å². The maximum atomic E-state index is 12.8. The first kappa shape index (κ1) is 18.6. The lowest BCUT2D eigenvalue weighted by Crippen LogP contribution is -2.28. The third-order valence-electron chi connectivity index (χ3n) is 4.59. The third-order valence-corrected chi connectivity index (χ3v) is 4.59. The van der Waals surface area contributed by atoms with Gasteiger partial charge in [0.05, 0.1) is 45.0 Å². The highest BCUT2D eigenvalue weighted by Gasteiger charge is 2.28. The molecule has 27 heavy (non-hydrogen) atoms. The van der Waals surface area contributed by atoms with Crippen LogP contribution in [0.1, 0.15) is 39.9 Å². The second-order valence-corrected chi connectivity index (χ2v) is 6.42. The van der Waals surface area contributed by atoms with Crippen molar-refractivity contribution in [2.45, 2.75) is 33.4 Å². The molecule has 3 rings (SSSR count). The fourth-order valence-electron chi connectivity index (χ4n) is 3.24. The average Bonchev–Trinajstić information content (AvgIpc) is 3.05. The molecule has 2 heterocycles. The number of rotatable bonds is 5. The molecule has 1 amide bonds. The molecule has 1 aliphatic rings. The molecule has 142 valence electrons. The van der Waals surface area contributed by atoms with E-state index in [2.05, 4.69) is 9.97 Å². The van der Waals surface area contributed by atoms with Gasteiger partial charge in [0.1, 0.15) is 5.82 Å². The van der Waals surface area contributed by atoms with Crippen molar-refractivity contribution in [1.82, 2.24) is 14.9 Å². The number of Topliss-reactive ketones (excluding diaryl/α,β-unsaturated/α-hetero) is 1. The van der Waals surface area contributed by atoms with Crippen molar-refractivity contribution < 1.29 is 19.1 Å². The van der Waals surface area contributed by atoms with Gasteiger partial charge in [-0.15, -0.1) is 0 Å². The number of carbonyl (C=O) groups excluding carboxylic acids is 2. The Hall–Kier alpha value is -3.16. The van der Waals surface area contributed by atoms with Gasteiger partial charge in [0.15, 0.2) is 17.3 Å². The molecule has 2 aromatic rings. The fourth-order valence-corrected chi connectivity index (χ4v) is 3.24. The third kappa shape index (κ3) is 3.55. The van der Waals surface area contributed by atoms with Crippen molar-refractivity contribution in [1.29, 1.82) is 0 Å². The van der Waals surface area contributed by atoms with E-state index in [-0.39, 0.29) is 36.8 Å². The molecule has 1 aromatic heterocycles. The van der Waals surface area contributed by atoms with Crippen molar-refractivity contribution in [3.05, 3.63) is 50.7 Å². The highest BCUT2D eigenvalue weighted by atomic mass is 16.5. The van der Waals surface area contributed by atoms with Crippen LogP contribution in [0.3, 0.4) is 0 Å². The van der Waals surface area contributed by atoms with Crippen LogP contribution in [0, 0.1) is 6.92 Å². The highest BCUT2D eigenvalue weighted by molar-refractivity contribution is 5.97. The monoisotopic (exact) mass is 371 g/mol. The van der Waals surface area contributed by atoms with Crippen LogP contribution in [-0.2, 0) is 24.3 Å². The van der Waals surface area contributed by atoms with E-state index < -0.39 is 0 Å². The number of ketones is 1. The Morgan fingerprint density at radius 1 is 1.19 bits per heavy atom. The van der Waals surface area contributed by atoms with Gasteiger partial charge in [0.2, 0.25) is 5.91 Å². The summed E-state index contributed by atoms with van der Waals surface area (Å²) in [5, 5.41) is 0. The molecule has 0 saturated heterocycles. The summed E-state index contributed by atoms with van der Waals surface area (Å²) < 4.78 is 10.5. The second-order valence-electron chi connectivity index (χ2n) is 6.42. The first-order valence-electron chi connectivity index (χ1n) is 8.46. The van der Waals surface area contributed by atoms with Crippen LogP contribution in [0.15, 0.2) is 16.9 Å². The number of aromatic amines is 1. The number of nitrogens with one attached hydrogen (secondary N) is 1. The minimum atomic E-state index is -0.219. The maximum Gasteiger partial charge on any atom is 0.256 e. The van der Waals surface area contributed by atoms with Crippen LogP contribution in [0.5, 0.6) is 11.5 Å². The van der Waals surface area contributed by atoms with Crippen LogP contribution < -0.4 is 15.0 Å². The lowest BCUT2D eigenvalue weighted by molar-refractivity contribution is -0.131. The largest absolute Gasteiger partial charge is 0.493 e. The Labute approximate surface area is 156 Å². The van der Waals surface area contributed by atoms with Crippen molar-refractivity contribution in [2.75, 3.05) is 14.2 Å². The van der Waals surface area contributed by atoms with Crippen LogP contribution in [0.25, 0.3) is 0 Å². The molecule has 0 aliphatic carbocycles. The van der Waals surface area contributed by atoms with Gasteiger partial charge in [-0.1, -0.05) is 0 Å². The van der Waals surface area contributed by atoms with Crippen molar-refractivity contribution in [3.8, 4) is 11.5 Å². The van der Waals surface area contributed by atoms with E-state index in [4.69, 9.17) is 9.47 Å². The van der Waals surface area contributed by atoms with Crippen molar-refractivity contribution in [3.63, 3.8) is 0 Å². The minimum absolute atomic E-state index is 0.0140. The number of aromatic nitrogens is 2. The van der Waals surface area contributed by atoms with E-state index in [9.17, 15) is 14.4 Å². The van der Waals surface area contributed by atoms with E-state index >= 15 is 0 Å².